The number of halogens is 2. The smallest absolute Gasteiger partial charge is 0.228 e. The van der Waals surface area contributed by atoms with Crippen LogP contribution in [-0.2, 0) is 11.2 Å². The van der Waals surface area contributed by atoms with Gasteiger partial charge in [0.05, 0.1) is 17.1 Å². The highest BCUT2D eigenvalue weighted by molar-refractivity contribution is 6.35. The SMILES string of the molecule is O=C(Cc1ccc2ccccc2c1)Nc1cc(Cl)ccc1Cl. The predicted molar refractivity (Wildman–Crippen MR) is 92.7 cm³/mol. The van der Waals surface area contributed by atoms with Crippen LogP contribution in [0.3, 0.4) is 0 Å². The number of rotatable bonds is 3. The molecule has 0 bridgehead atoms. The van der Waals surface area contributed by atoms with E-state index in [4.69, 9.17) is 23.2 Å². The Hall–Kier alpha value is -2.03. The number of carbonyl (C=O) groups excluding carboxylic acids is 1. The molecule has 0 radical (unpaired) electrons. The van der Waals surface area contributed by atoms with Gasteiger partial charge in [0.15, 0.2) is 0 Å². The molecule has 110 valence electrons. The number of benzene rings is 3. The lowest BCUT2D eigenvalue weighted by Gasteiger charge is -2.08. The Morgan fingerprint density at radius 2 is 1.68 bits per heavy atom. The average Bonchev–Trinajstić information content (AvgIpc) is 2.51. The third kappa shape index (κ3) is 3.41. The van der Waals surface area contributed by atoms with Crippen molar-refractivity contribution in [1.82, 2.24) is 0 Å². The summed E-state index contributed by atoms with van der Waals surface area (Å²) in [4.78, 5) is 12.2. The standard InChI is InChI=1S/C18H13Cl2NO/c19-15-7-8-16(20)17(11-15)21-18(22)10-12-5-6-13-3-1-2-4-14(13)9-12/h1-9,11H,10H2,(H,21,22). The highest BCUT2D eigenvalue weighted by atomic mass is 35.5. The molecule has 0 unspecified atom stereocenters. The minimum Gasteiger partial charge on any atom is -0.324 e. The van der Waals surface area contributed by atoms with Crippen molar-refractivity contribution in [2.45, 2.75) is 6.42 Å². The van der Waals surface area contributed by atoms with E-state index in [9.17, 15) is 4.79 Å². The van der Waals surface area contributed by atoms with E-state index in [0.717, 1.165) is 16.3 Å². The van der Waals surface area contributed by atoms with Gasteiger partial charge in [-0.1, -0.05) is 65.7 Å². The van der Waals surface area contributed by atoms with Crippen LogP contribution in [0.1, 0.15) is 5.56 Å². The summed E-state index contributed by atoms with van der Waals surface area (Å²) < 4.78 is 0. The van der Waals surface area contributed by atoms with Gasteiger partial charge in [0.1, 0.15) is 0 Å². The summed E-state index contributed by atoms with van der Waals surface area (Å²) in [6.07, 6.45) is 0.285. The summed E-state index contributed by atoms with van der Waals surface area (Å²) in [6.45, 7) is 0. The zero-order chi connectivity index (χ0) is 15.5. The van der Waals surface area contributed by atoms with Crippen LogP contribution in [0.15, 0.2) is 60.7 Å². The Kier molecular flexibility index (Phi) is 4.32. The van der Waals surface area contributed by atoms with Crippen molar-refractivity contribution in [2.75, 3.05) is 5.32 Å². The third-order valence-corrected chi connectivity index (χ3v) is 3.95. The fourth-order valence-corrected chi connectivity index (χ4v) is 2.66. The molecule has 0 saturated carbocycles. The van der Waals surface area contributed by atoms with Gasteiger partial charge in [-0.3, -0.25) is 4.79 Å². The van der Waals surface area contributed by atoms with E-state index in [1.807, 2.05) is 42.5 Å². The molecular formula is C18H13Cl2NO. The molecule has 3 rings (SSSR count). The van der Waals surface area contributed by atoms with Gasteiger partial charge in [0, 0.05) is 5.02 Å². The summed E-state index contributed by atoms with van der Waals surface area (Å²) >= 11 is 12.0. The molecule has 0 aliphatic heterocycles. The molecule has 2 nitrogen and oxygen atoms in total. The van der Waals surface area contributed by atoms with E-state index in [1.165, 1.54) is 0 Å². The lowest BCUT2D eigenvalue weighted by atomic mass is 10.0. The van der Waals surface area contributed by atoms with Crippen LogP contribution >= 0.6 is 23.2 Å². The number of carbonyl (C=O) groups is 1. The van der Waals surface area contributed by atoms with Crippen LogP contribution in [-0.4, -0.2) is 5.91 Å². The molecule has 0 aromatic heterocycles. The lowest BCUT2D eigenvalue weighted by Crippen LogP contribution is -2.14. The normalized spacial score (nSPS) is 10.6. The molecule has 4 heteroatoms. The Morgan fingerprint density at radius 1 is 0.909 bits per heavy atom. The van der Waals surface area contributed by atoms with Gasteiger partial charge < -0.3 is 5.32 Å². The third-order valence-electron chi connectivity index (χ3n) is 3.38. The maximum Gasteiger partial charge on any atom is 0.228 e. The zero-order valence-electron chi connectivity index (χ0n) is 11.6. The van der Waals surface area contributed by atoms with Crippen molar-refractivity contribution < 1.29 is 4.79 Å². The molecular weight excluding hydrogens is 317 g/mol. The second kappa shape index (κ2) is 6.39. The minimum absolute atomic E-state index is 0.126. The molecule has 0 heterocycles. The highest BCUT2D eigenvalue weighted by Crippen LogP contribution is 2.25. The molecule has 0 atom stereocenters. The van der Waals surface area contributed by atoms with Gasteiger partial charge in [-0.15, -0.1) is 0 Å². The topological polar surface area (TPSA) is 29.1 Å². The van der Waals surface area contributed by atoms with Crippen molar-refractivity contribution in [1.29, 1.82) is 0 Å². The zero-order valence-corrected chi connectivity index (χ0v) is 13.2. The number of amides is 1. The van der Waals surface area contributed by atoms with E-state index >= 15 is 0 Å². The van der Waals surface area contributed by atoms with Crippen LogP contribution in [0.4, 0.5) is 5.69 Å². The predicted octanol–water partition coefficient (Wildman–Crippen LogP) is 5.33. The second-order valence-corrected chi connectivity index (χ2v) is 5.87. The van der Waals surface area contributed by atoms with Crippen LogP contribution in [0.5, 0.6) is 0 Å². The summed E-state index contributed by atoms with van der Waals surface area (Å²) in [6, 6.07) is 19.0. The molecule has 22 heavy (non-hydrogen) atoms. The first-order valence-corrected chi connectivity index (χ1v) is 7.60. The Bertz CT molecular complexity index is 845. The maximum atomic E-state index is 12.2. The number of hydrogen-bond donors (Lipinski definition) is 1. The van der Waals surface area contributed by atoms with Crippen LogP contribution < -0.4 is 5.32 Å². The van der Waals surface area contributed by atoms with Gasteiger partial charge in [-0.2, -0.15) is 0 Å². The Labute approximate surface area is 138 Å². The summed E-state index contributed by atoms with van der Waals surface area (Å²) in [5.41, 5.74) is 1.48. The van der Waals surface area contributed by atoms with Crippen LogP contribution in [0, 0.1) is 0 Å². The van der Waals surface area contributed by atoms with Crippen LogP contribution in [0.25, 0.3) is 10.8 Å². The molecule has 1 N–H and O–H groups in total. The van der Waals surface area contributed by atoms with Gasteiger partial charge >= 0.3 is 0 Å². The Balaban J connectivity index is 1.76. The van der Waals surface area contributed by atoms with Gasteiger partial charge in [-0.05, 0) is 34.5 Å². The van der Waals surface area contributed by atoms with Crippen molar-refractivity contribution >= 4 is 45.6 Å². The summed E-state index contributed by atoms with van der Waals surface area (Å²) in [7, 11) is 0. The van der Waals surface area contributed by atoms with Gasteiger partial charge in [0.25, 0.3) is 0 Å². The quantitative estimate of drug-likeness (QED) is 0.691. The fourth-order valence-electron chi connectivity index (χ4n) is 2.32. The first-order chi connectivity index (χ1) is 10.6. The average molecular weight is 330 g/mol. The number of hydrogen-bond acceptors (Lipinski definition) is 1. The molecule has 0 aliphatic rings. The van der Waals surface area contributed by atoms with Crippen LogP contribution in [0.2, 0.25) is 10.0 Å². The fraction of sp³-hybridized carbons (Fsp3) is 0.0556. The first kappa shape index (κ1) is 14.9. The molecule has 0 spiro atoms. The molecule has 0 saturated heterocycles. The largest absolute Gasteiger partial charge is 0.324 e. The van der Waals surface area contributed by atoms with E-state index in [2.05, 4.69) is 5.32 Å². The monoisotopic (exact) mass is 329 g/mol. The number of fused-ring (bicyclic) bond motifs is 1. The molecule has 3 aromatic carbocycles. The summed E-state index contributed by atoms with van der Waals surface area (Å²) in [5.74, 6) is -0.126. The number of nitrogens with one attached hydrogen (secondary N) is 1. The van der Waals surface area contributed by atoms with Gasteiger partial charge in [0.2, 0.25) is 5.91 Å². The lowest BCUT2D eigenvalue weighted by molar-refractivity contribution is -0.115. The minimum atomic E-state index is -0.126. The molecule has 0 fully saturated rings. The van der Waals surface area contributed by atoms with E-state index in [0.29, 0.717) is 15.7 Å². The van der Waals surface area contributed by atoms with E-state index in [1.54, 1.807) is 18.2 Å². The van der Waals surface area contributed by atoms with Crippen molar-refractivity contribution in [3.63, 3.8) is 0 Å². The highest BCUT2D eigenvalue weighted by Gasteiger charge is 2.08. The Morgan fingerprint density at radius 3 is 2.50 bits per heavy atom. The second-order valence-electron chi connectivity index (χ2n) is 5.03. The number of anilines is 1. The van der Waals surface area contributed by atoms with Gasteiger partial charge in [-0.25, -0.2) is 0 Å². The van der Waals surface area contributed by atoms with Crippen molar-refractivity contribution in [2.24, 2.45) is 0 Å². The van der Waals surface area contributed by atoms with Crippen molar-refractivity contribution in [3.8, 4) is 0 Å². The van der Waals surface area contributed by atoms with E-state index in [-0.39, 0.29) is 12.3 Å². The maximum absolute atomic E-state index is 12.2. The van der Waals surface area contributed by atoms with Crippen molar-refractivity contribution in [3.05, 3.63) is 76.3 Å². The summed E-state index contributed by atoms with van der Waals surface area (Å²) in [5, 5.41) is 6.07. The molecule has 3 aromatic rings. The molecule has 1 amide bonds. The first-order valence-electron chi connectivity index (χ1n) is 6.84. The van der Waals surface area contributed by atoms with E-state index < -0.39 is 0 Å². The molecule has 0 aliphatic carbocycles.